The van der Waals surface area contributed by atoms with Gasteiger partial charge in [-0.15, -0.1) is 10.2 Å². The lowest BCUT2D eigenvalue weighted by molar-refractivity contribution is -0.142. The lowest BCUT2D eigenvalue weighted by atomic mass is 9.91. The molecular formula is C15H24N4O3S. The van der Waals surface area contributed by atoms with E-state index in [1.165, 1.54) is 11.3 Å². The number of nitrogens with zero attached hydrogens (tertiary/aromatic N) is 3. The zero-order valence-corrected chi connectivity index (χ0v) is 14.9. The van der Waals surface area contributed by atoms with E-state index in [1.54, 1.807) is 12.0 Å². The van der Waals surface area contributed by atoms with E-state index in [2.05, 4.69) is 15.5 Å². The lowest BCUT2D eigenvalue weighted by Crippen LogP contribution is -2.47. The van der Waals surface area contributed by atoms with Crippen molar-refractivity contribution in [2.75, 3.05) is 25.5 Å². The number of carbonyl (C=O) groups excluding carboxylic acids is 2. The summed E-state index contributed by atoms with van der Waals surface area (Å²) in [4.78, 5) is 26.6. The molecular weight excluding hydrogens is 316 g/mol. The molecule has 0 aromatic carbocycles. The van der Waals surface area contributed by atoms with Crippen LogP contribution in [0.5, 0.6) is 0 Å². The average Bonchev–Trinajstić information content (AvgIpc) is 2.93. The first kappa shape index (κ1) is 17.8. The van der Waals surface area contributed by atoms with Gasteiger partial charge in [0.25, 0.3) is 0 Å². The predicted molar refractivity (Wildman–Crippen MR) is 88.0 cm³/mol. The van der Waals surface area contributed by atoms with Crippen molar-refractivity contribution < 1.29 is 14.3 Å². The number of piperidine rings is 1. The minimum absolute atomic E-state index is 0.0910. The molecule has 1 aromatic rings. The Labute approximate surface area is 140 Å². The van der Waals surface area contributed by atoms with Crippen LogP contribution in [0.15, 0.2) is 0 Å². The van der Waals surface area contributed by atoms with Gasteiger partial charge >= 0.3 is 0 Å². The molecule has 23 heavy (non-hydrogen) atoms. The van der Waals surface area contributed by atoms with Crippen molar-refractivity contribution in [1.29, 1.82) is 0 Å². The van der Waals surface area contributed by atoms with E-state index in [9.17, 15) is 9.59 Å². The highest BCUT2D eigenvalue weighted by Crippen LogP contribution is 2.25. The number of ether oxygens (including phenoxy) is 1. The van der Waals surface area contributed by atoms with Crippen LogP contribution in [0, 0.1) is 11.3 Å². The molecule has 0 spiro atoms. The Bertz CT molecular complexity index is 567. The smallest absolute Gasteiger partial charge is 0.231 e. The number of nitrogens with one attached hydrogen (secondary N) is 1. The van der Waals surface area contributed by atoms with Crippen LogP contribution in [0.25, 0.3) is 0 Å². The third-order valence-electron chi connectivity index (χ3n) is 3.69. The predicted octanol–water partition coefficient (Wildman–Crippen LogP) is 1.91. The molecule has 2 amide bonds. The second kappa shape index (κ2) is 7.35. The van der Waals surface area contributed by atoms with Crippen molar-refractivity contribution in [3.8, 4) is 0 Å². The SMILES string of the molecule is COCc1nnc(NC(=O)C2CCCN(C(=O)C(C)(C)C)C2)s1. The number of likely N-dealkylation sites (tertiary alicyclic amines) is 1. The molecule has 1 aliphatic heterocycles. The molecule has 0 bridgehead atoms. The second-order valence-electron chi connectivity index (χ2n) is 6.76. The molecule has 1 saturated heterocycles. The summed E-state index contributed by atoms with van der Waals surface area (Å²) in [7, 11) is 1.59. The standard InChI is InChI=1S/C15H24N4O3S/c1-15(2,3)13(21)19-7-5-6-10(8-19)12(20)16-14-18-17-11(23-14)9-22-4/h10H,5-9H2,1-4H3,(H,16,18,20). The normalized spacial score (nSPS) is 18.8. The molecule has 1 atom stereocenters. The van der Waals surface area contributed by atoms with E-state index in [0.29, 0.717) is 18.3 Å². The summed E-state index contributed by atoms with van der Waals surface area (Å²) < 4.78 is 4.99. The molecule has 0 radical (unpaired) electrons. The fraction of sp³-hybridized carbons (Fsp3) is 0.733. The van der Waals surface area contributed by atoms with E-state index < -0.39 is 5.41 Å². The molecule has 8 heteroatoms. The van der Waals surface area contributed by atoms with Gasteiger partial charge in [-0.3, -0.25) is 9.59 Å². The largest absolute Gasteiger partial charge is 0.377 e. The van der Waals surface area contributed by atoms with Gasteiger partial charge in [-0.25, -0.2) is 0 Å². The van der Waals surface area contributed by atoms with Crippen LogP contribution in [0.3, 0.4) is 0 Å². The highest BCUT2D eigenvalue weighted by atomic mass is 32.1. The molecule has 1 aliphatic rings. The number of anilines is 1. The van der Waals surface area contributed by atoms with Gasteiger partial charge in [0.2, 0.25) is 16.9 Å². The molecule has 7 nitrogen and oxygen atoms in total. The van der Waals surface area contributed by atoms with Gasteiger partial charge in [-0.05, 0) is 12.8 Å². The third kappa shape index (κ3) is 4.71. The fourth-order valence-electron chi connectivity index (χ4n) is 2.54. The number of amides is 2. The maximum atomic E-state index is 12.4. The summed E-state index contributed by atoms with van der Waals surface area (Å²) in [5.41, 5.74) is -0.424. The van der Waals surface area contributed by atoms with Gasteiger partial charge in [-0.2, -0.15) is 0 Å². The van der Waals surface area contributed by atoms with Crippen LogP contribution >= 0.6 is 11.3 Å². The first-order valence-corrected chi connectivity index (χ1v) is 8.54. The summed E-state index contributed by atoms with van der Waals surface area (Å²) in [6, 6.07) is 0. The molecule has 1 aromatic heterocycles. The van der Waals surface area contributed by atoms with Crippen LogP contribution in [0.4, 0.5) is 5.13 Å². The molecule has 2 rings (SSSR count). The Kier molecular flexibility index (Phi) is 5.69. The zero-order valence-electron chi connectivity index (χ0n) is 14.1. The monoisotopic (exact) mass is 340 g/mol. The number of aromatic nitrogens is 2. The van der Waals surface area contributed by atoms with Crippen LogP contribution < -0.4 is 5.32 Å². The van der Waals surface area contributed by atoms with Gasteiger partial charge in [0.15, 0.2) is 0 Å². The fourth-order valence-corrected chi connectivity index (χ4v) is 3.26. The molecule has 1 fully saturated rings. The lowest BCUT2D eigenvalue weighted by Gasteiger charge is -2.35. The average molecular weight is 340 g/mol. The second-order valence-corrected chi connectivity index (χ2v) is 7.83. The molecule has 1 unspecified atom stereocenters. The summed E-state index contributed by atoms with van der Waals surface area (Å²) in [5.74, 6) is -0.213. The number of hydrogen-bond acceptors (Lipinski definition) is 6. The van der Waals surface area contributed by atoms with Gasteiger partial charge in [0.1, 0.15) is 11.6 Å². The van der Waals surface area contributed by atoms with Crippen LogP contribution in [0.2, 0.25) is 0 Å². The van der Waals surface area contributed by atoms with Gasteiger partial charge in [0.05, 0.1) is 5.92 Å². The van der Waals surface area contributed by atoms with Crippen molar-refractivity contribution in [2.45, 2.75) is 40.2 Å². The molecule has 2 heterocycles. The Balaban J connectivity index is 1.95. The Morgan fingerprint density at radius 1 is 1.39 bits per heavy atom. The summed E-state index contributed by atoms with van der Waals surface area (Å²) in [6.45, 7) is 7.26. The minimum Gasteiger partial charge on any atom is -0.377 e. The van der Waals surface area contributed by atoms with E-state index in [1.807, 2.05) is 20.8 Å². The molecule has 1 N–H and O–H groups in total. The van der Waals surface area contributed by atoms with Crippen LogP contribution in [-0.2, 0) is 20.9 Å². The summed E-state index contributed by atoms with van der Waals surface area (Å²) in [5, 5.41) is 11.9. The van der Waals surface area contributed by atoms with Gasteiger partial charge < -0.3 is 15.0 Å². The van der Waals surface area contributed by atoms with Gasteiger partial charge in [0, 0.05) is 25.6 Å². The van der Waals surface area contributed by atoms with Crippen molar-refractivity contribution in [2.24, 2.45) is 11.3 Å². The van der Waals surface area contributed by atoms with Crippen molar-refractivity contribution >= 4 is 28.3 Å². The van der Waals surface area contributed by atoms with E-state index >= 15 is 0 Å². The Morgan fingerprint density at radius 2 is 2.13 bits per heavy atom. The minimum atomic E-state index is -0.424. The Morgan fingerprint density at radius 3 is 2.78 bits per heavy atom. The number of methoxy groups -OCH3 is 1. The number of carbonyl (C=O) groups is 2. The topological polar surface area (TPSA) is 84.4 Å². The van der Waals surface area contributed by atoms with Crippen LogP contribution in [-0.4, -0.2) is 47.1 Å². The van der Waals surface area contributed by atoms with E-state index in [4.69, 9.17) is 4.74 Å². The van der Waals surface area contributed by atoms with Crippen LogP contribution in [0.1, 0.15) is 38.6 Å². The van der Waals surface area contributed by atoms with E-state index in [-0.39, 0.29) is 17.7 Å². The molecule has 128 valence electrons. The van der Waals surface area contributed by atoms with E-state index in [0.717, 1.165) is 24.4 Å². The van der Waals surface area contributed by atoms with Gasteiger partial charge in [-0.1, -0.05) is 32.1 Å². The summed E-state index contributed by atoms with van der Waals surface area (Å²) >= 11 is 1.30. The Hall–Kier alpha value is -1.54. The first-order valence-electron chi connectivity index (χ1n) is 7.73. The number of hydrogen-bond donors (Lipinski definition) is 1. The highest BCUT2D eigenvalue weighted by molar-refractivity contribution is 7.15. The quantitative estimate of drug-likeness (QED) is 0.905. The van der Waals surface area contributed by atoms with Crippen molar-refractivity contribution in [3.63, 3.8) is 0 Å². The zero-order chi connectivity index (χ0) is 17.0. The summed E-state index contributed by atoms with van der Waals surface area (Å²) in [6.07, 6.45) is 1.62. The van der Waals surface area contributed by atoms with Crippen molar-refractivity contribution in [1.82, 2.24) is 15.1 Å². The molecule has 0 saturated carbocycles. The third-order valence-corrected chi connectivity index (χ3v) is 4.50. The maximum absolute atomic E-state index is 12.4. The number of rotatable bonds is 4. The highest BCUT2D eigenvalue weighted by Gasteiger charge is 2.33. The van der Waals surface area contributed by atoms with Crippen molar-refractivity contribution in [3.05, 3.63) is 5.01 Å². The first-order chi connectivity index (χ1) is 10.8. The maximum Gasteiger partial charge on any atom is 0.231 e. The molecule has 0 aliphatic carbocycles.